The van der Waals surface area contributed by atoms with Gasteiger partial charge >= 0.3 is 5.69 Å². The lowest BCUT2D eigenvalue weighted by Gasteiger charge is -2.18. The number of likely N-dealkylation sites (tertiary alicyclic amines) is 1. The summed E-state index contributed by atoms with van der Waals surface area (Å²) < 4.78 is 1.49. The van der Waals surface area contributed by atoms with Gasteiger partial charge in [0.2, 0.25) is 0 Å². The zero-order chi connectivity index (χ0) is 16.4. The van der Waals surface area contributed by atoms with E-state index >= 15 is 0 Å². The first-order valence-corrected chi connectivity index (χ1v) is 7.95. The van der Waals surface area contributed by atoms with E-state index in [0.29, 0.717) is 5.92 Å². The molecule has 1 saturated heterocycles. The summed E-state index contributed by atoms with van der Waals surface area (Å²) in [6.45, 7) is 5.15. The minimum atomic E-state index is -0.364. The molecule has 6 heteroatoms. The van der Waals surface area contributed by atoms with Crippen LogP contribution in [0.1, 0.15) is 18.9 Å². The summed E-state index contributed by atoms with van der Waals surface area (Å²) in [5, 5.41) is 0. The van der Waals surface area contributed by atoms with Gasteiger partial charge in [-0.1, -0.05) is 12.1 Å². The van der Waals surface area contributed by atoms with E-state index in [0.717, 1.165) is 25.3 Å². The fourth-order valence-corrected chi connectivity index (χ4v) is 3.07. The van der Waals surface area contributed by atoms with E-state index in [1.54, 1.807) is 12.3 Å². The highest BCUT2D eigenvalue weighted by Gasteiger charge is 2.24. The molecule has 1 aromatic carbocycles. The highest BCUT2D eigenvalue weighted by atomic mass is 16.1. The lowest BCUT2D eigenvalue weighted by atomic mass is 10.0. The van der Waals surface area contributed by atoms with Crippen molar-refractivity contribution in [2.75, 3.05) is 18.8 Å². The number of anilines is 1. The standard InChI is InChI=1S/C17H23N5O/c1-12(18)14-6-8-21(11-14)10-13-2-4-15(5-3-13)22-9-7-16(19)20-17(22)23/h2-5,7,9,12,14H,6,8,10-11,18H2,1H3,(H2,19,20,23)/t12?,14-/m0/s1. The van der Waals surface area contributed by atoms with Crippen LogP contribution in [0.2, 0.25) is 0 Å². The minimum Gasteiger partial charge on any atom is -0.383 e. The number of nitrogens with zero attached hydrogens (tertiary/aromatic N) is 3. The van der Waals surface area contributed by atoms with Crippen LogP contribution in [-0.4, -0.2) is 33.6 Å². The van der Waals surface area contributed by atoms with E-state index in [4.69, 9.17) is 11.5 Å². The van der Waals surface area contributed by atoms with Crippen LogP contribution in [0, 0.1) is 5.92 Å². The maximum absolute atomic E-state index is 11.9. The van der Waals surface area contributed by atoms with Crippen LogP contribution in [0.5, 0.6) is 0 Å². The molecule has 3 rings (SSSR count). The SMILES string of the molecule is CC(N)[C@H]1CCN(Cc2ccc(-n3ccc(N)nc3=O)cc2)C1. The summed E-state index contributed by atoms with van der Waals surface area (Å²) in [4.78, 5) is 18.0. The quantitative estimate of drug-likeness (QED) is 0.878. The number of hydrogen-bond acceptors (Lipinski definition) is 5. The maximum atomic E-state index is 11.9. The molecule has 0 aliphatic carbocycles. The van der Waals surface area contributed by atoms with Crippen LogP contribution < -0.4 is 17.2 Å². The molecule has 2 heterocycles. The third-order valence-corrected chi connectivity index (χ3v) is 4.50. The Morgan fingerprint density at radius 3 is 2.65 bits per heavy atom. The van der Waals surface area contributed by atoms with Crippen molar-refractivity contribution in [3.05, 3.63) is 52.6 Å². The van der Waals surface area contributed by atoms with Crippen molar-refractivity contribution in [2.45, 2.75) is 25.9 Å². The molecule has 1 aromatic heterocycles. The Kier molecular flexibility index (Phi) is 4.45. The van der Waals surface area contributed by atoms with Gasteiger partial charge < -0.3 is 11.5 Å². The molecule has 0 radical (unpaired) electrons. The van der Waals surface area contributed by atoms with Gasteiger partial charge in [-0.25, -0.2) is 4.79 Å². The van der Waals surface area contributed by atoms with Crippen LogP contribution in [0.15, 0.2) is 41.3 Å². The van der Waals surface area contributed by atoms with E-state index < -0.39 is 0 Å². The van der Waals surface area contributed by atoms with Gasteiger partial charge in [-0.15, -0.1) is 0 Å². The highest BCUT2D eigenvalue weighted by Crippen LogP contribution is 2.21. The van der Waals surface area contributed by atoms with Crippen molar-refractivity contribution in [1.29, 1.82) is 0 Å². The zero-order valence-electron chi connectivity index (χ0n) is 13.4. The fourth-order valence-electron chi connectivity index (χ4n) is 3.07. The van der Waals surface area contributed by atoms with E-state index in [9.17, 15) is 4.79 Å². The molecule has 1 fully saturated rings. The second-order valence-electron chi connectivity index (χ2n) is 6.31. The summed E-state index contributed by atoms with van der Waals surface area (Å²) >= 11 is 0. The smallest absolute Gasteiger partial charge is 0.354 e. The van der Waals surface area contributed by atoms with Crippen molar-refractivity contribution < 1.29 is 0 Å². The van der Waals surface area contributed by atoms with Gasteiger partial charge in [0.1, 0.15) is 5.82 Å². The second-order valence-corrected chi connectivity index (χ2v) is 6.31. The predicted octanol–water partition coefficient (Wildman–Crippen LogP) is 0.984. The Morgan fingerprint density at radius 1 is 1.30 bits per heavy atom. The highest BCUT2D eigenvalue weighted by molar-refractivity contribution is 5.36. The van der Waals surface area contributed by atoms with Crippen molar-refractivity contribution in [3.63, 3.8) is 0 Å². The zero-order valence-corrected chi connectivity index (χ0v) is 13.4. The Balaban J connectivity index is 1.69. The lowest BCUT2D eigenvalue weighted by molar-refractivity contribution is 0.308. The number of hydrogen-bond donors (Lipinski definition) is 2. The summed E-state index contributed by atoms with van der Waals surface area (Å²) in [6.07, 6.45) is 2.82. The summed E-state index contributed by atoms with van der Waals surface area (Å²) in [5.41, 5.74) is 13.2. The van der Waals surface area contributed by atoms with Crippen molar-refractivity contribution in [3.8, 4) is 5.69 Å². The molecule has 4 N–H and O–H groups in total. The van der Waals surface area contributed by atoms with Crippen LogP contribution in [0.25, 0.3) is 5.69 Å². The number of nitrogens with two attached hydrogens (primary N) is 2. The molecule has 1 aliphatic rings. The molecular weight excluding hydrogens is 290 g/mol. The van der Waals surface area contributed by atoms with Gasteiger partial charge in [0.25, 0.3) is 0 Å². The van der Waals surface area contributed by atoms with Gasteiger partial charge in [0.05, 0.1) is 5.69 Å². The molecule has 0 bridgehead atoms. The number of benzene rings is 1. The average molecular weight is 313 g/mol. The average Bonchev–Trinajstić information content (AvgIpc) is 2.97. The van der Waals surface area contributed by atoms with Crippen LogP contribution in [-0.2, 0) is 6.54 Å². The molecule has 0 saturated carbocycles. The van der Waals surface area contributed by atoms with E-state index in [-0.39, 0.29) is 17.5 Å². The van der Waals surface area contributed by atoms with Gasteiger partial charge in [0, 0.05) is 25.3 Å². The van der Waals surface area contributed by atoms with E-state index in [1.165, 1.54) is 16.6 Å². The Labute approximate surface area is 135 Å². The number of nitrogen functional groups attached to an aromatic ring is 1. The molecule has 1 unspecified atom stereocenters. The molecule has 1 aliphatic heterocycles. The largest absolute Gasteiger partial charge is 0.383 e. The van der Waals surface area contributed by atoms with Crippen LogP contribution in [0.3, 0.4) is 0 Å². The fraction of sp³-hybridized carbons (Fsp3) is 0.412. The van der Waals surface area contributed by atoms with E-state index in [1.807, 2.05) is 12.1 Å². The Hall–Kier alpha value is -2.18. The Bertz CT molecular complexity index is 723. The van der Waals surface area contributed by atoms with Gasteiger partial charge in [-0.05, 0) is 49.6 Å². The van der Waals surface area contributed by atoms with Crippen LogP contribution >= 0.6 is 0 Å². The molecule has 23 heavy (non-hydrogen) atoms. The molecule has 122 valence electrons. The first kappa shape index (κ1) is 15.7. The topological polar surface area (TPSA) is 90.2 Å². The van der Waals surface area contributed by atoms with E-state index in [2.05, 4.69) is 28.9 Å². The van der Waals surface area contributed by atoms with Crippen molar-refractivity contribution in [1.82, 2.24) is 14.5 Å². The molecule has 2 aromatic rings. The Morgan fingerprint density at radius 2 is 2.04 bits per heavy atom. The summed E-state index contributed by atoms with van der Waals surface area (Å²) in [6, 6.07) is 9.86. The molecule has 0 spiro atoms. The third kappa shape index (κ3) is 3.60. The molecule has 6 nitrogen and oxygen atoms in total. The van der Waals surface area contributed by atoms with Crippen molar-refractivity contribution >= 4 is 5.82 Å². The monoisotopic (exact) mass is 313 g/mol. The summed E-state index contributed by atoms with van der Waals surface area (Å²) in [5.74, 6) is 0.828. The molecule has 2 atom stereocenters. The van der Waals surface area contributed by atoms with Gasteiger partial charge in [0.15, 0.2) is 0 Å². The van der Waals surface area contributed by atoms with Gasteiger partial charge in [-0.2, -0.15) is 4.98 Å². The predicted molar refractivity (Wildman–Crippen MR) is 91.3 cm³/mol. The lowest BCUT2D eigenvalue weighted by Crippen LogP contribution is -2.29. The first-order chi connectivity index (χ1) is 11.0. The van der Waals surface area contributed by atoms with Gasteiger partial charge in [-0.3, -0.25) is 9.47 Å². The molecule has 0 amide bonds. The maximum Gasteiger partial charge on any atom is 0.354 e. The van der Waals surface area contributed by atoms with Crippen LogP contribution in [0.4, 0.5) is 5.82 Å². The summed E-state index contributed by atoms with van der Waals surface area (Å²) in [7, 11) is 0. The normalized spacial score (nSPS) is 19.8. The number of aromatic nitrogens is 2. The minimum absolute atomic E-state index is 0.237. The third-order valence-electron chi connectivity index (χ3n) is 4.50. The molecular formula is C17H23N5O. The van der Waals surface area contributed by atoms with Crippen molar-refractivity contribution in [2.24, 2.45) is 11.7 Å². The number of rotatable bonds is 4. The first-order valence-electron chi connectivity index (χ1n) is 7.95. The second kappa shape index (κ2) is 6.52.